The molecule has 22 heavy (non-hydrogen) atoms. The SMILES string of the molecule is c1ccc([C@@H]2CCCC[C@H]2Nc2ncnc3nc[nH]c23)cc1. The lowest BCUT2D eigenvalue weighted by atomic mass is 9.80. The summed E-state index contributed by atoms with van der Waals surface area (Å²) in [6.07, 6.45) is 8.18. The first-order valence-electron chi connectivity index (χ1n) is 7.87. The summed E-state index contributed by atoms with van der Waals surface area (Å²) in [7, 11) is 0. The van der Waals surface area contributed by atoms with Crippen LogP contribution in [0.4, 0.5) is 5.82 Å². The fraction of sp³-hybridized carbons (Fsp3) is 0.353. The van der Waals surface area contributed by atoms with Crippen LogP contribution in [0.15, 0.2) is 43.0 Å². The van der Waals surface area contributed by atoms with E-state index in [1.165, 1.54) is 31.2 Å². The molecule has 3 aromatic rings. The molecule has 0 radical (unpaired) electrons. The Bertz CT molecular complexity index is 752. The molecule has 5 nitrogen and oxygen atoms in total. The summed E-state index contributed by atoms with van der Waals surface area (Å²) in [5.41, 5.74) is 3.01. The molecule has 5 heteroatoms. The van der Waals surface area contributed by atoms with Gasteiger partial charge in [0.2, 0.25) is 0 Å². The van der Waals surface area contributed by atoms with E-state index in [9.17, 15) is 0 Å². The van der Waals surface area contributed by atoms with Crippen molar-refractivity contribution in [2.45, 2.75) is 37.6 Å². The molecule has 1 fully saturated rings. The van der Waals surface area contributed by atoms with Crippen LogP contribution in [0.3, 0.4) is 0 Å². The van der Waals surface area contributed by atoms with Crippen molar-refractivity contribution in [2.24, 2.45) is 0 Å². The number of hydrogen-bond donors (Lipinski definition) is 2. The minimum atomic E-state index is 0.401. The maximum absolute atomic E-state index is 4.41. The molecule has 0 saturated heterocycles. The molecule has 112 valence electrons. The van der Waals surface area contributed by atoms with Crippen LogP contribution in [-0.2, 0) is 0 Å². The highest BCUT2D eigenvalue weighted by Gasteiger charge is 2.27. The van der Waals surface area contributed by atoms with Crippen LogP contribution >= 0.6 is 0 Å². The van der Waals surface area contributed by atoms with Crippen LogP contribution in [0.5, 0.6) is 0 Å². The lowest BCUT2D eigenvalue weighted by Crippen LogP contribution is -2.31. The summed E-state index contributed by atoms with van der Waals surface area (Å²) in [5.74, 6) is 1.39. The number of aromatic amines is 1. The number of benzene rings is 1. The second-order valence-corrected chi connectivity index (χ2v) is 5.88. The van der Waals surface area contributed by atoms with Gasteiger partial charge >= 0.3 is 0 Å². The zero-order chi connectivity index (χ0) is 14.8. The van der Waals surface area contributed by atoms with Gasteiger partial charge in [-0.3, -0.25) is 0 Å². The van der Waals surface area contributed by atoms with E-state index in [1.54, 1.807) is 12.7 Å². The fourth-order valence-electron chi connectivity index (χ4n) is 3.45. The predicted molar refractivity (Wildman–Crippen MR) is 86.7 cm³/mol. The number of aromatic nitrogens is 4. The predicted octanol–water partition coefficient (Wildman–Crippen LogP) is 3.49. The van der Waals surface area contributed by atoms with E-state index in [0.717, 1.165) is 11.3 Å². The Morgan fingerprint density at radius 1 is 1.00 bits per heavy atom. The summed E-state index contributed by atoms with van der Waals surface area (Å²) >= 11 is 0. The molecule has 2 aromatic heterocycles. The van der Waals surface area contributed by atoms with Crippen LogP contribution in [0.1, 0.15) is 37.2 Å². The molecule has 4 rings (SSSR count). The lowest BCUT2D eigenvalue weighted by Gasteiger charge is -2.33. The molecule has 2 atom stereocenters. The average molecular weight is 293 g/mol. The Balaban J connectivity index is 1.64. The van der Waals surface area contributed by atoms with E-state index in [-0.39, 0.29) is 0 Å². The maximum Gasteiger partial charge on any atom is 0.182 e. The average Bonchev–Trinajstić information content (AvgIpc) is 3.06. The monoisotopic (exact) mass is 293 g/mol. The van der Waals surface area contributed by atoms with Crippen LogP contribution in [0, 0.1) is 0 Å². The summed E-state index contributed by atoms with van der Waals surface area (Å²) < 4.78 is 0. The maximum atomic E-state index is 4.41. The second kappa shape index (κ2) is 5.75. The fourth-order valence-corrected chi connectivity index (χ4v) is 3.45. The highest BCUT2D eigenvalue weighted by Crippen LogP contribution is 2.35. The molecule has 1 saturated carbocycles. The highest BCUT2D eigenvalue weighted by molar-refractivity contribution is 5.82. The number of anilines is 1. The number of imidazole rings is 1. The van der Waals surface area contributed by atoms with Crippen LogP contribution in [-0.4, -0.2) is 26.0 Å². The number of H-pyrrole nitrogens is 1. The van der Waals surface area contributed by atoms with Crippen molar-refractivity contribution in [1.82, 2.24) is 19.9 Å². The first-order chi connectivity index (χ1) is 10.9. The third kappa shape index (κ3) is 2.43. The first-order valence-corrected chi connectivity index (χ1v) is 7.87. The van der Waals surface area contributed by atoms with Crippen LogP contribution in [0.2, 0.25) is 0 Å². The molecule has 2 heterocycles. The van der Waals surface area contributed by atoms with Crippen molar-refractivity contribution in [3.63, 3.8) is 0 Å². The van der Waals surface area contributed by atoms with Crippen molar-refractivity contribution < 1.29 is 0 Å². The Kier molecular flexibility index (Phi) is 3.46. The topological polar surface area (TPSA) is 66.5 Å². The van der Waals surface area contributed by atoms with E-state index in [0.29, 0.717) is 17.6 Å². The van der Waals surface area contributed by atoms with Gasteiger partial charge in [-0.05, 0) is 18.4 Å². The van der Waals surface area contributed by atoms with Crippen molar-refractivity contribution in [2.75, 3.05) is 5.32 Å². The lowest BCUT2D eigenvalue weighted by molar-refractivity contribution is 0.404. The van der Waals surface area contributed by atoms with Crippen molar-refractivity contribution in [3.05, 3.63) is 48.5 Å². The van der Waals surface area contributed by atoms with Gasteiger partial charge in [0.1, 0.15) is 11.8 Å². The van der Waals surface area contributed by atoms with Crippen molar-refractivity contribution in [3.8, 4) is 0 Å². The van der Waals surface area contributed by atoms with Gasteiger partial charge in [0.25, 0.3) is 0 Å². The van der Waals surface area contributed by atoms with Gasteiger partial charge in [-0.2, -0.15) is 0 Å². The number of rotatable bonds is 3. The summed E-state index contributed by atoms with van der Waals surface area (Å²) in [4.78, 5) is 15.9. The van der Waals surface area contributed by atoms with Gasteiger partial charge in [0.15, 0.2) is 11.5 Å². The Morgan fingerprint density at radius 3 is 2.77 bits per heavy atom. The van der Waals surface area contributed by atoms with Crippen molar-refractivity contribution >= 4 is 17.0 Å². The molecule has 2 N–H and O–H groups in total. The quantitative estimate of drug-likeness (QED) is 0.775. The minimum absolute atomic E-state index is 0.401. The summed E-state index contributed by atoms with van der Waals surface area (Å²) in [5, 5.41) is 3.64. The van der Waals surface area contributed by atoms with Gasteiger partial charge in [-0.25, -0.2) is 15.0 Å². The third-order valence-corrected chi connectivity index (χ3v) is 4.54. The normalized spacial score (nSPS) is 21.8. The van der Waals surface area contributed by atoms with E-state index in [1.807, 2.05) is 0 Å². The number of nitrogens with one attached hydrogen (secondary N) is 2. The van der Waals surface area contributed by atoms with Crippen molar-refractivity contribution in [1.29, 1.82) is 0 Å². The molecule has 1 aliphatic carbocycles. The highest BCUT2D eigenvalue weighted by atomic mass is 15.1. The summed E-state index contributed by atoms with van der Waals surface area (Å²) in [6.45, 7) is 0. The van der Waals surface area contributed by atoms with Crippen LogP contribution in [0.25, 0.3) is 11.2 Å². The van der Waals surface area contributed by atoms with E-state index < -0.39 is 0 Å². The largest absolute Gasteiger partial charge is 0.365 e. The smallest absolute Gasteiger partial charge is 0.182 e. The second-order valence-electron chi connectivity index (χ2n) is 5.88. The molecule has 0 bridgehead atoms. The Labute approximate surface area is 129 Å². The minimum Gasteiger partial charge on any atom is -0.365 e. The first kappa shape index (κ1) is 13.2. The molecule has 0 amide bonds. The van der Waals surface area contributed by atoms with E-state index in [2.05, 4.69) is 55.6 Å². The van der Waals surface area contributed by atoms with Gasteiger partial charge in [0, 0.05) is 12.0 Å². The number of fused-ring (bicyclic) bond motifs is 1. The molecule has 0 spiro atoms. The molecule has 1 aliphatic rings. The van der Waals surface area contributed by atoms with E-state index >= 15 is 0 Å². The van der Waals surface area contributed by atoms with Gasteiger partial charge in [0.05, 0.1) is 6.33 Å². The Hall–Kier alpha value is -2.43. The number of nitrogens with zero attached hydrogens (tertiary/aromatic N) is 3. The summed E-state index contributed by atoms with van der Waals surface area (Å²) in [6, 6.07) is 11.2. The molecule has 0 aliphatic heterocycles. The molecular weight excluding hydrogens is 274 g/mol. The van der Waals surface area contributed by atoms with Gasteiger partial charge in [-0.15, -0.1) is 0 Å². The molecule has 0 unspecified atom stereocenters. The molecular formula is C17H19N5. The number of hydrogen-bond acceptors (Lipinski definition) is 4. The van der Waals surface area contributed by atoms with Gasteiger partial charge < -0.3 is 10.3 Å². The zero-order valence-corrected chi connectivity index (χ0v) is 12.4. The standard InChI is InChI=1S/C17H19N5/c1-2-6-12(7-3-1)13-8-4-5-9-14(13)22-17-15-16(19-10-18-15)20-11-21-17/h1-3,6-7,10-11,13-14H,4-5,8-9H2,(H2,18,19,20,21,22)/t13-,14+/m0/s1. The Morgan fingerprint density at radius 2 is 1.86 bits per heavy atom. The van der Waals surface area contributed by atoms with E-state index in [4.69, 9.17) is 0 Å². The zero-order valence-electron chi connectivity index (χ0n) is 12.4. The molecule has 1 aromatic carbocycles. The van der Waals surface area contributed by atoms with Gasteiger partial charge in [-0.1, -0.05) is 43.2 Å². The third-order valence-electron chi connectivity index (χ3n) is 4.54. The van der Waals surface area contributed by atoms with Crippen LogP contribution < -0.4 is 5.32 Å².